The third-order valence-electron chi connectivity index (χ3n) is 6.50. The predicted octanol–water partition coefficient (Wildman–Crippen LogP) is 1.14. The number of hydrogen-bond acceptors (Lipinski definition) is 13. The number of ether oxygens (including phenoxy) is 4. The number of hydrogen-bond donors (Lipinski definition) is 2. The molecule has 0 unspecified atom stereocenters. The van der Waals surface area contributed by atoms with Crippen molar-refractivity contribution in [1.82, 2.24) is 19.5 Å². The van der Waals surface area contributed by atoms with E-state index < -0.39 is 65.0 Å². The lowest BCUT2D eigenvalue weighted by Gasteiger charge is -2.30. The first-order valence-corrected chi connectivity index (χ1v) is 15.7. The minimum atomic E-state index is -3.50. The molecule has 0 radical (unpaired) electrons. The molecule has 4 rings (SSSR count). The molecule has 3 aromatic rings. The standard InChI is InChI=1S/C25H29FIN5O9S/c1-4-38-22(34)25(23(35)39-5-2,10-13-6-8-14(9-7-13)42(3,36)37)40-11-15-18(33)16(26)21(41-15)32-12-29-17-19(28)30-24(27)31-20(17)32/h6-9,12,15-16,18,21,33H,4-5,10-11H2,1-3H3,(H2,28,30,31)/t15-,16+,18-,21-/m1/s1. The van der Waals surface area contributed by atoms with Gasteiger partial charge in [-0.15, -0.1) is 0 Å². The van der Waals surface area contributed by atoms with Crippen LogP contribution in [-0.4, -0.2) is 95.0 Å². The number of esters is 2. The summed E-state index contributed by atoms with van der Waals surface area (Å²) >= 11 is 1.84. The number of fused-ring (bicyclic) bond motifs is 1. The number of rotatable bonds is 11. The van der Waals surface area contributed by atoms with Crippen molar-refractivity contribution in [3.63, 3.8) is 0 Å². The molecule has 3 heterocycles. The van der Waals surface area contributed by atoms with E-state index in [9.17, 15) is 23.1 Å². The number of nitrogens with zero attached hydrogens (tertiary/aromatic N) is 4. The Morgan fingerprint density at radius 3 is 2.36 bits per heavy atom. The number of carbonyl (C=O) groups is 2. The lowest BCUT2D eigenvalue weighted by atomic mass is 9.93. The van der Waals surface area contributed by atoms with Gasteiger partial charge in [-0.3, -0.25) is 4.57 Å². The zero-order valence-corrected chi connectivity index (χ0v) is 25.7. The molecule has 0 aliphatic carbocycles. The molecule has 42 heavy (non-hydrogen) atoms. The van der Waals surface area contributed by atoms with Crippen LogP contribution in [0.2, 0.25) is 0 Å². The van der Waals surface area contributed by atoms with Gasteiger partial charge in [-0.05, 0) is 31.5 Å². The second-order valence-corrected chi connectivity index (χ2v) is 12.4. The maximum Gasteiger partial charge on any atom is 0.350 e. The van der Waals surface area contributed by atoms with E-state index in [0.717, 1.165) is 6.26 Å². The van der Waals surface area contributed by atoms with Crippen molar-refractivity contribution in [2.45, 2.75) is 55.4 Å². The minimum absolute atomic E-state index is 0.0290. The van der Waals surface area contributed by atoms with Crippen LogP contribution >= 0.6 is 22.6 Å². The zero-order chi connectivity index (χ0) is 30.8. The van der Waals surface area contributed by atoms with Crippen molar-refractivity contribution in [2.75, 3.05) is 31.8 Å². The molecule has 0 saturated carbocycles. The Bertz CT molecular complexity index is 1550. The number of aliphatic hydroxyl groups is 1. The Kier molecular flexibility index (Phi) is 9.65. The fourth-order valence-electron chi connectivity index (χ4n) is 4.42. The number of nitrogen functional groups attached to an aromatic ring is 1. The van der Waals surface area contributed by atoms with E-state index in [1.165, 1.54) is 49.0 Å². The molecule has 1 aliphatic rings. The summed E-state index contributed by atoms with van der Waals surface area (Å²) in [7, 11) is -3.50. The second-order valence-electron chi connectivity index (χ2n) is 9.37. The Morgan fingerprint density at radius 1 is 1.17 bits per heavy atom. The van der Waals surface area contributed by atoms with Crippen molar-refractivity contribution in [2.24, 2.45) is 0 Å². The summed E-state index contributed by atoms with van der Waals surface area (Å²) < 4.78 is 62.7. The molecule has 0 bridgehead atoms. The average molecular weight is 722 g/mol. The van der Waals surface area contributed by atoms with Crippen LogP contribution in [0.5, 0.6) is 0 Å². The SMILES string of the molecule is CCOC(=O)C(Cc1ccc(S(C)(=O)=O)cc1)(OC[C@H]1O[C@@H](n2cnc3c(N)nc(I)nc32)[C@@H](F)[C@@H]1O)C(=O)OCC. The molecule has 2 aromatic heterocycles. The summed E-state index contributed by atoms with van der Waals surface area (Å²) in [5.41, 5.74) is 4.25. The monoisotopic (exact) mass is 721 g/mol. The first-order valence-electron chi connectivity index (χ1n) is 12.7. The summed E-state index contributed by atoms with van der Waals surface area (Å²) in [4.78, 5) is 38.9. The van der Waals surface area contributed by atoms with Gasteiger partial charge in [-0.1, -0.05) is 12.1 Å². The predicted molar refractivity (Wildman–Crippen MR) is 152 cm³/mol. The first kappa shape index (κ1) is 31.9. The van der Waals surface area contributed by atoms with E-state index in [2.05, 4.69) is 15.0 Å². The Labute approximate surface area is 253 Å². The third kappa shape index (κ3) is 6.34. The number of anilines is 1. The molecular formula is C25H29FIN5O9S. The first-order chi connectivity index (χ1) is 19.8. The Morgan fingerprint density at radius 2 is 1.79 bits per heavy atom. The maximum absolute atomic E-state index is 15.4. The summed E-state index contributed by atoms with van der Waals surface area (Å²) in [6.45, 7) is 2.22. The van der Waals surface area contributed by atoms with Crippen molar-refractivity contribution < 1.29 is 46.5 Å². The van der Waals surface area contributed by atoms with Gasteiger partial charge in [-0.25, -0.2) is 37.3 Å². The third-order valence-corrected chi connectivity index (χ3v) is 8.11. The van der Waals surface area contributed by atoms with Crippen molar-refractivity contribution in [3.05, 3.63) is 40.0 Å². The summed E-state index contributed by atoms with van der Waals surface area (Å²) in [5, 5.41) is 10.7. The van der Waals surface area contributed by atoms with E-state index in [4.69, 9.17) is 24.7 Å². The van der Waals surface area contributed by atoms with E-state index in [-0.39, 0.29) is 38.9 Å². The van der Waals surface area contributed by atoms with Crippen molar-refractivity contribution >= 4 is 61.3 Å². The number of imidazole rings is 1. The van der Waals surface area contributed by atoms with E-state index in [1.54, 1.807) is 0 Å². The summed E-state index contributed by atoms with van der Waals surface area (Å²) in [6.07, 6.45) is -4.58. The van der Waals surface area contributed by atoms with Crippen LogP contribution in [0.3, 0.4) is 0 Å². The van der Waals surface area contributed by atoms with Gasteiger partial charge in [-0.2, -0.15) is 0 Å². The quantitative estimate of drug-likeness (QED) is 0.124. The van der Waals surface area contributed by atoms with Crippen LogP contribution in [0.15, 0.2) is 35.5 Å². The number of alkyl halides is 1. The van der Waals surface area contributed by atoms with Gasteiger partial charge in [0.2, 0.25) is 0 Å². The van der Waals surface area contributed by atoms with Crippen LogP contribution in [-0.2, 0) is 44.8 Å². The number of nitrogens with two attached hydrogens (primary N) is 1. The van der Waals surface area contributed by atoms with Crippen LogP contribution in [0, 0.1) is 3.83 Å². The number of sulfone groups is 1. The smallest absolute Gasteiger partial charge is 0.350 e. The number of carbonyl (C=O) groups excluding carboxylic acids is 2. The fraction of sp³-hybridized carbons (Fsp3) is 0.480. The molecule has 4 atom stereocenters. The number of aromatic nitrogens is 4. The zero-order valence-electron chi connectivity index (χ0n) is 22.8. The molecule has 0 amide bonds. The molecule has 1 aromatic carbocycles. The van der Waals surface area contributed by atoms with Crippen LogP contribution in [0.25, 0.3) is 11.2 Å². The van der Waals surface area contributed by atoms with Gasteiger partial charge >= 0.3 is 11.9 Å². The topological polar surface area (TPSA) is 195 Å². The second kappa shape index (κ2) is 12.7. The highest BCUT2D eigenvalue weighted by Gasteiger charge is 2.53. The van der Waals surface area contributed by atoms with Gasteiger partial charge in [0, 0.05) is 35.3 Å². The normalized spacial score (nSPS) is 21.0. The molecule has 14 nitrogen and oxygen atoms in total. The lowest BCUT2D eigenvalue weighted by molar-refractivity contribution is -0.197. The Hall–Kier alpha value is -3.00. The molecule has 17 heteroatoms. The highest BCUT2D eigenvalue weighted by atomic mass is 127. The molecular weight excluding hydrogens is 692 g/mol. The van der Waals surface area contributed by atoms with Crippen LogP contribution in [0.4, 0.5) is 10.2 Å². The van der Waals surface area contributed by atoms with Gasteiger partial charge in [0.1, 0.15) is 17.7 Å². The van der Waals surface area contributed by atoms with Gasteiger partial charge in [0.05, 0.1) is 31.0 Å². The van der Waals surface area contributed by atoms with E-state index >= 15 is 4.39 Å². The molecule has 228 valence electrons. The molecule has 0 spiro atoms. The largest absolute Gasteiger partial charge is 0.463 e. The Balaban J connectivity index is 1.64. The average Bonchev–Trinajstić information content (AvgIpc) is 3.47. The van der Waals surface area contributed by atoms with Gasteiger partial charge in [0.25, 0.3) is 5.60 Å². The number of benzene rings is 1. The maximum atomic E-state index is 15.4. The molecule has 1 saturated heterocycles. The van der Waals surface area contributed by atoms with Gasteiger partial charge in [0.15, 0.2) is 37.5 Å². The summed E-state index contributed by atoms with van der Waals surface area (Å²) in [5.74, 6) is -2.09. The minimum Gasteiger partial charge on any atom is -0.463 e. The van der Waals surface area contributed by atoms with Crippen molar-refractivity contribution in [3.8, 4) is 0 Å². The summed E-state index contributed by atoms with van der Waals surface area (Å²) in [6, 6.07) is 5.47. The van der Waals surface area contributed by atoms with Gasteiger partial charge < -0.3 is 29.8 Å². The number of aliphatic hydroxyl groups excluding tert-OH is 1. The number of halogens is 2. The highest BCUT2D eigenvalue weighted by Crippen LogP contribution is 2.35. The molecule has 1 aliphatic heterocycles. The highest BCUT2D eigenvalue weighted by molar-refractivity contribution is 14.1. The molecule has 3 N–H and O–H groups in total. The van der Waals surface area contributed by atoms with Crippen LogP contribution in [0.1, 0.15) is 25.6 Å². The van der Waals surface area contributed by atoms with Crippen LogP contribution < -0.4 is 5.73 Å². The molecule has 1 fully saturated rings. The lowest BCUT2D eigenvalue weighted by Crippen LogP contribution is -2.54. The van der Waals surface area contributed by atoms with E-state index in [0.29, 0.717) is 5.56 Å². The van der Waals surface area contributed by atoms with Crippen molar-refractivity contribution in [1.29, 1.82) is 0 Å². The van der Waals surface area contributed by atoms with E-state index in [1.807, 2.05) is 22.6 Å². The fourth-order valence-corrected chi connectivity index (χ4v) is 5.54.